The quantitative estimate of drug-likeness (QED) is 0.280. The number of hydrogen-bond donors (Lipinski definition) is 3. The second-order valence-electron chi connectivity index (χ2n) is 9.14. The highest BCUT2D eigenvalue weighted by Crippen LogP contribution is 2.31. The Morgan fingerprint density at radius 1 is 0.875 bits per heavy atom. The Labute approximate surface area is 233 Å². The van der Waals surface area contributed by atoms with Crippen LogP contribution >= 0.6 is 0 Å². The topological polar surface area (TPSA) is 135 Å². The third-order valence-corrected chi connectivity index (χ3v) is 7.45. The molecule has 0 aliphatic carbocycles. The summed E-state index contributed by atoms with van der Waals surface area (Å²) in [5.74, 6) is 1.29. The fourth-order valence-electron chi connectivity index (χ4n) is 4.16. The van der Waals surface area contributed by atoms with Crippen molar-refractivity contribution in [1.82, 2.24) is 14.9 Å². The zero-order chi connectivity index (χ0) is 28.2. The lowest BCUT2D eigenvalue weighted by Gasteiger charge is -2.37. The summed E-state index contributed by atoms with van der Waals surface area (Å²) in [4.78, 5) is 35.4. The van der Waals surface area contributed by atoms with Crippen LogP contribution in [0.5, 0.6) is 11.5 Å². The van der Waals surface area contributed by atoms with Gasteiger partial charge in [0.15, 0.2) is 22.6 Å². The highest BCUT2D eigenvalue weighted by molar-refractivity contribution is 7.86. The average molecular weight is 561 g/mol. The maximum atomic E-state index is 13.4. The van der Waals surface area contributed by atoms with Gasteiger partial charge in [-0.1, -0.05) is 18.2 Å². The van der Waals surface area contributed by atoms with E-state index in [4.69, 9.17) is 14.5 Å². The first-order chi connectivity index (χ1) is 19.3. The van der Waals surface area contributed by atoms with Crippen molar-refractivity contribution in [3.63, 3.8) is 0 Å². The molecule has 2 heterocycles. The van der Waals surface area contributed by atoms with Gasteiger partial charge in [-0.25, -0.2) is 14.2 Å². The number of rotatable bonds is 9. The molecule has 1 aromatic heterocycles. The van der Waals surface area contributed by atoms with Crippen molar-refractivity contribution in [2.75, 3.05) is 42.7 Å². The predicted octanol–water partition coefficient (Wildman–Crippen LogP) is 3.94. The molecule has 0 saturated carbocycles. The molecule has 1 saturated heterocycles. The Bertz CT molecular complexity index is 1590. The number of nitrogens with zero attached hydrogens (tertiary/aromatic N) is 3. The number of fused-ring (bicyclic) bond motifs is 1. The van der Waals surface area contributed by atoms with Crippen molar-refractivity contribution in [3.8, 4) is 11.5 Å². The molecule has 11 nitrogen and oxygen atoms in total. The van der Waals surface area contributed by atoms with Crippen LogP contribution in [0.1, 0.15) is 6.92 Å². The van der Waals surface area contributed by atoms with E-state index in [1.165, 1.54) is 6.92 Å². The number of amides is 2. The van der Waals surface area contributed by atoms with Crippen molar-refractivity contribution in [2.45, 2.75) is 11.8 Å². The Morgan fingerprint density at radius 3 is 2.15 bits per heavy atom. The molecule has 5 rings (SSSR count). The van der Waals surface area contributed by atoms with Crippen LogP contribution in [0.15, 0.2) is 71.6 Å². The number of nitrogens with one attached hydrogen (secondary N) is 3. The molecular formula is C28H28N6O5S. The minimum Gasteiger partial charge on any atom is -0.497 e. The van der Waals surface area contributed by atoms with E-state index < -0.39 is 11.0 Å². The molecule has 1 fully saturated rings. The molecule has 0 spiro atoms. The molecule has 206 valence electrons. The van der Waals surface area contributed by atoms with Gasteiger partial charge in [0.1, 0.15) is 11.5 Å². The Balaban J connectivity index is 1.37. The number of carbonyl (C=O) groups excluding carboxylic acids is 2. The summed E-state index contributed by atoms with van der Waals surface area (Å²) in [5.41, 5.74) is 2.42. The van der Waals surface area contributed by atoms with Crippen LogP contribution < -0.4 is 24.8 Å². The second kappa shape index (κ2) is 11.6. The van der Waals surface area contributed by atoms with Gasteiger partial charge >= 0.3 is 0 Å². The Hall–Kier alpha value is -4.71. The average Bonchev–Trinajstić information content (AvgIpc) is 2.92. The zero-order valence-electron chi connectivity index (χ0n) is 22.1. The summed E-state index contributed by atoms with van der Waals surface area (Å²) in [6.07, 6.45) is 0. The van der Waals surface area contributed by atoms with Crippen LogP contribution in [-0.2, 0) is 20.6 Å². The summed E-state index contributed by atoms with van der Waals surface area (Å²) in [6, 6.07) is 19.4. The van der Waals surface area contributed by atoms with E-state index in [0.717, 1.165) is 0 Å². The van der Waals surface area contributed by atoms with Gasteiger partial charge in [-0.05, 0) is 30.3 Å². The van der Waals surface area contributed by atoms with E-state index in [-0.39, 0.29) is 23.6 Å². The lowest BCUT2D eigenvalue weighted by atomic mass is 9.99. The van der Waals surface area contributed by atoms with Gasteiger partial charge in [0.2, 0.25) is 11.8 Å². The molecule has 12 heteroatoms. The first-order valence-corrected chi connectivity index (χ1v) is 13.6. The largest absolute Gasteiger partial charge is 0.497 e. The number of carbonyl (C=O) groups is 2. The molecule has 3 aromatic carbocycles. The summed E-state index contributed by atoms with van der Waals surface area (Å²) >= 11 is 0. The maximum Gasteiger partial charge on any atom is 0.231 e. The van der Waals surface area contributed by atoms with E-state index >= 15 is 0 Å². The lowest BCUT2D eigenvalue weighted by molar-refractivity contribution is -0.139. The summed E-state index contributed by atoms with van der Waals surface area (Å²) in [5, 5.41) is 6.08. The Kier molecular flexibility index (Phi) is 7.78. The molecule has 4 aromatic rings. The minimum absolute atomic E-state index is 0.0521. The van der Waals surface area contributed by atoms with Crippen LogP contribution in [0, 0.1) is 5.92 Å². The summed E-state index contributed by atoms with van der Waals surface area (Å²) < 4.78 is 27.1. The number of methoxy groups -OCH3 is 2. The fraction of sp³-hybridized carbons (Fsp3) is 0.214. The summed E-state index contributed by atoms with van der Waals surface area (Å²) in [6.45, 7) is 2.27. The van der Waals surface area contributed by atoms with Gasteiger partial charge in [-0.3, -0.25) is 14.3 Å². The van der Waals surface area contributed by atoms with Gasteiger partial charge in [0.05, 0.1) is 36.1 Å². The van der Waals surface area contributed by atoms with Gasteiger partial charge in [-0.2, -0.15) is 0 Å². The molecule has 0 bridgehead atoms. The van der Waals surface area contributed by atoms with Crippen molar-refractivity contribution in [2.24, 2.45) is 5.92 Å². The number of anilines is 4. The molecule has 0 radical (unpaired) electrons. The number of aromatic nitrogens is 2. The van der Waals surface area contributed by atoms with Crippen molar-refractivity contribution in [1.29, 1.82) is 0 Å². The van der Waals surface area contributed by atoms with E-state index in [0.29, 0.717) is 57.7 Å². The summed E-state index contributed by atoms with van der Waals surface area (Å²) in [7, 11) is 1.39. The van der Waals surface area contributed by atoms with Gasteiger partial charge in [0, 0.05) is 49.6 Å². The molecule has 1 unspecified atom stereocenters. The molecule has 1 aliphatic rings. The smallest absolute Gasteiger partial charge is 0.231 e. The number of likely N-dealkylation sites (tertiary alicyclic amines) is 1. The van der Waals surface area contributed by atoms with Crippen LogP contribution in [0.4, 0.5) is 23.0 Å². The van der Waals surface area contributed by atoms with Crippen molar-refractivity contribution >= 4 is 56.8 Å². The van der Waals surface area contributed by atoms with E-state index in [1.54, 1.807) is 61.6 Å². The van der Waals surface area contributed by atoms with Gasteiger partial charge in [0.25, 0.3) is 0 Å². The molecule has 1 atom stereocenters. The third-order valence-electron chi connectivity index (χ3n) is 6.39. The van der Waals surface area contributed by atoms with E-state index in [1.807, 2.05) is 24.3 Å². The molecule has 2 amide bonds. The normalized spacial score (nSPS) is 13.7. The Morgan fingerprint density at radius 2 is 1.52 bits per heavy atom. The first-order valence-electron chi connectivity index (χ1n) is 12.4. The molecule has 1 aliphatic heterocycles. The van der Waals surface area contributed by atoms with Gasteiger partial charge in [-0.15, -0.1) is 0 Å². The van der Waals surface area contributed by atoms with Crippen LogP contribution in [0.3, 0.4) is 0 Å². The molecule has 40 heavy (non-hydrogen) atoms. The van der Waals surface area contributed by atoms with E-state index in [2.05, 4.69) is 20.3 Å². The standard InChI is InChI=1S/C28H28N6O5S/c1-17(35)34-15-18(16-34)28(36)30-19-7-6-8-23(13-19)40(37)33-27-26(31-24-9-4-5-10-25(24)32-27)29-20-11-21(38-2)14-22(12-20)39-3/h4-14,18H,15-16H2,1-3H3,(H,29,31)(H,30,36)(H,32,33). The SMILES string of the molecule is COc1cc(Nc2nc3ccccc3nc2NS(=O)c2cccc(NC(=O)C3CN(C(C)=O)C3)c2)cc(OC)c1. The zero-order valence-corrected chi connectivity index (χ0v) is 23.0. The molecule has 3 N–H and O–H groups in total. The van der Waals surface area contributed by atoms with Crippen LogP contribution in [0.2, 0.25) is 0 Å². The number of benzene rings is 3. The molecular weight excluding hydrogens is 532 g/mol. The first kappa shape index (κ1) is 26.9. The third kappa shape index (κ3) is 5.96. The second-order valence-corrected chi connectivity index (χ2v) is 10.4. The van der Waals surface area contributed by atoms with Crippen LogP contribution in [0.25, 0.3) is 11.0 Å². The van der Waals surface area contributed by atoms with Gasteiger partial charge < -0.3 is 25.0 Å². The highest BCUT2D eigenvalue weighted by Gasteiger charge is 2.34. The maximum absolute atomic E-state index is 13.4. The van der Waals surface area contributed by atoms with Crippen LogP contribution in [-0.4, -0.2) is 58.2 Å². The van der Waals surface area contributed by atoms with Crippen molar-refractivity contribution in [3.05, 3.63) is 66.7 Å². The lowest BCUT2D eigenvalue weighted by Crippen LogP contribution is -2.53. The van der Waals surface area contributed by atoms with E-state index in [9.17, 15) is 13.8 Å². The number of ether oxygens (including phenoxy) is 2. The monoisotopic (exact) mass is 560 g/mol. The minimum atomic E-state index is -1.74. The predicted molar refractivity (Wildman–Crippen MR) is 153 cm³/mol. The number of para-hydroxylation sites is 2. The number of hydrogen-bond acceptors (Lipinski definition) is 8. The van der Waals surface area contributed by atoms with Crippen molar-refractivity contribution < 1.29 is 23.3 Å². The fourth-order valence-corrected chi connectivity index (χ4v) is 5.03. The highest BCUT2D eigenvalue weighted by atomic mass is 32.2.